The van der Waals surface area contributed by atoms with Gasteiger partial charge in [0, 0.05) is 19.2 Å². The summed E-state index contributed by atoms with van der Waals surface area (Å²) < 4.78 is 32.8. The Balaban J connectivity index is 2.21. The van der Waals surface area contributed by atoms with Gasteiger partial charge < -0.3 is 10.1 Å². The van der Waals surface area contributed by atoms with Crippen LogP contribution in [0, 0.1) is 17.0 Å². The first kappa shape index (κ1) is 20.2. The van der Waals surface area contributed by atoms with Crippen molar-refractivity contribution in [3.8, 4) is 5.75 Å². The lowest BCUT2D eigenvalue weighted by Crippen LogP contribution is -2.33. The molecule has 0 heterocycles. The number of amides is 1. The van der Waals surface area contributed by atoms with Gasteiger partial charge in [-0.3, -0.25) is 19.6 Å². The Morgan fingerprint density at radius 1 is 1.19 bits per heavy atom. The number of nitro benzene ring substituents is 1. The Bertz CT molecular complexity index is 957. The lowest BCUT2D eigenvalue weighted by atomic mass is 10.2. The average molecular weight is 393 g/mol. The molecule has 0 spiro atoms. The summed E-state index contributed by atoms with van der Waals surface area (Å²) in [7, 11) is -2.47. The van der Waals surface area contributed by atoms with E-state index in [1.807, 2.05) is 0 Å². The fraction of sp³-hybridized carbons (Fsp3) is 0.235. The molecule has 27 heavy (non-hydrogen) atoms. The summed E-state index contributed by atoms with van der Waals surface area (Å²) in [5, 5.41) is 13.3. The van der Waals surface area contributed by atoms with Crippen LogP contribution in [0.2, 0.25) is 0 Å². The van der Waals surface area contributed by atoms with Crippen molar-refractivity contribution in [1.82, 2.24) is 5.32 Å². The van der Waals surface area contributed by atoms with E-state index in [0.717, 1.165) is 6.07 Å². The maximum absolute atomic E-state index is 12.5. The van der Waals surface area contributed by atoms with Crippen molar-refractivity contribution in [3.63, 3.8) is 0 Å². The lowest BCUT2D eigenvalue weighted by Gasteiger charge is -2.14. The van der Waals surface area contributed by atoms with Gasteiger partial charge in [0.2, 0.25) is 0 Å². The summed E-state index contributed by atoms with van der Waals surface area (Å²) in [6, 6.07) is 9.42. The number of hydrogen-bond donors (Lipinski definition) is 2. The number of sulfonamides is 1. The number of anilines is 1. The van der Waals surface area contributed by atoms with E-state index in [1.54, 1.807) is 13.8 Å². The number of non-ortho nitro benzene ring substituents is 1. The zero-order valence-corrected chi connectivity index (χ0v) is 15.7. The van der Waals surface area contributed by atoms with E-state index in [0.29, 0.717) is 11.3 Å². The fourth-order valence-corrected chi connectivity index (χ4v) is 3.32. The van der Waals surface area contributed by atoms with Crippen LogP contribution in [0.5, 0.6) is 5.75 Å². The molecule has 0 bridgehead atoms. The van der Waals surface area contributed by atoms with Crippen molar-refractivity contribution >= 4 is 27.3 Å². The highest BCUT2D eigenvalue weighted by Crippen LogP contribution is 2.25. The molecule has 0 saturated heterocycles. The highest BCUT2D eigenvalue weighted by Gasteiger charge is 2.18. The molecular formula is C17H19N3O6S. The summed E-state index contributed by atoms with van der Waals surface area (Å²) in [5.41, 5.74) is 0.450. The van der Waals surface area contributed by atoms with Crippen molar-refractivity contribution in [2.24, 2.45) is 0 Å². The summed E-state index contributed by atoms with van der Waals surface area (Å²) in [6.45, 7) is 3.20. The first-order valence-electron chi connectivity index (χ1n) is 7.90. The van der Waals surface area contributed by atoms with Crippen LogP contribution in [0.1, 0.15) is 12.5 Å². The minimum Gasteiger partial charge on any atom is -0.481 e. The van der Waals surface area contributed by atoms with Gasteiger partial charge in [0.05, 0.1) is 15.5 Å². The van der Waals surface area contributed by atoms with Gasteiger partial charge in [-0.15, -0.1) is 0 Å². The standard InChI is InChI=1S/C17H19N3O6S/c1-11-4-5-13(20(22)23)10-16(11)19-27(24,25)15-8-6-14(7-9-15)26-12(2)17(21)18-3/h4-10,12,19H,1-3H3,(H,18,21)/t12-/m0/s1. The largest absolute Gasteiger partial charge is 0.481 e. The lowest BCUT2D eigenvalue weighted by molar-refractivity contribution is -0.384. The van der Waals surface area contributed by atoms with Crippen LogP contribution in [-0.4, -0.2) is 32.4 Å². The van der Waals surface area contributed by atoms with E-state index in [4.69, 9.17) is 4.74 Å². The second-order valence-electron chi connectivity index (χ2n) is 5.71. The van der Waals surface area contributed by atoms with Gasteiger partial charge in [-0.05, 0) is 43.7 Å². The molecule has 10 heteroatoms. The van der Waals surface area contributed by atoms with E-state index in [2.05, 4.69) is 10.0 Å². The molecule has 2 aromatic carbocycles. The first-order valence-corrected chi connectivity index (χ1v) is 9.38. The Kier molecular flexibility index (Phi) is 6.01. The molecule has 0 aliphatic heterocycles. The van der Waals surface area contributed by atoms with Gasteiger partial charge in [-0.1, -0.05) is 6.07 Å². The molecule has 0 aromatic heterocycles. The number of benzene rings is 2. The Labute approximate surface area is 156 Å². The van der Waals surface area contributed by atoms with Gasteiger partial charge >= 0.3 is 0 Å². The van der Waals surface area contributed by atoms with Crippen LogP contribution >= 0.6 is 0 Å². The molecular weight excluding hydrogens is 374 g/mol. The number of hydrogen-bond acceptors (Lipinski definition) is 6. The van der Waals surface area contributed by atoms with Crippen LogP contribution in [0.25, 0.3) is 0 Å². The number of likely N-dealkylation sites (N-methyl/N-ethyl adjacent to an activating group) is 1. The topological polar surface area (TPSA) is 128 Å². The molecule has 9 nitrogen and oxygen atoms in total. The molecule has 0 fully saturated rings. The van der Waals surface area contributed by atoms with Gasteiger partial charge in [0.1, 0.15) is 5.75 Å². The maximum Gasteiger partial charge on any atom is 0.271 e. The molecule has 0 aliphatic carbocycles. The zero-order chi connectivity index (χ0) is 20.2. The van der Waals surface area contributed by atoms with E-state index in [-0.39, 0.29) is 22.2 Å². The van der Waals surface area contributed by atoms with E-state index in [1.165, 1.54) is 43.4 Å². The first-order chi connectivity index (χ1) is 12.6. The quantitative estimate of drug-likeness (QED) is 0.548. The number of nitrogens with one attached hydrogen (secondary N) is 2. The fourth-order valence-electron chi connectivity index (χ4n) is 2.20. The van der Waals surface area contributed by atoms with Crippen LogP contribution in [0.15, 0.2) is 47.4 Å². The minimum atomic E-state index is -3.95. The smallest absolute Gasteiger partial charge is 0.271 e. The summed E-state index contributed by atoms with van der Waals surface area (Å²) in [4.78, 5) is 21.7. The predicted molar refractivity (Wildman–Crippen MR) is 99.2 cm³/mol. The van der Waals surface area contributed by atoms with Gasteiger partial charge in [0.15, 0.2) is 6.10 Å². The van der Waals surface area contributed by atoms with Crippen LogP contribution in [-0.2, 0) is 14.8 Å². The van der Waals surface area contributed by atoms with Crippen LogP contribution < -0.4 is 14.8 Å². The van der Waals surface area contributed by atoms with Crippen LogP contribution in [0.3, 0.4) is 0 Å². The summed E-state index contributed by atoms with van der Waals surface area (Å²) in [6.07, 6.45) is -0.733. The molecule has 1 atom stereocenters. The minimum absolute atomic E-state index is 0.0478. The van der Waals surface area contributed by atoms with Crippen molar-refractivity contribution < 1.29 is 22.9 Å². The summed E-state index contributed by atoms with van der Waals surface area (Å²) in [5.74, 6) is 0.0195. The second kappa shape index (κ2) is 8.04. The van der Waals surface area contributed by atoms with Gasteiger partial charge in [0.25, 0.3) is 21.6 Å². The third kappa shape index (κ3) is 4.94. The number of carbonyl (C=O) groups excluding carboxylic acids is 1. The van der Waals surface area contributed by atoms with E-state index in [9.17, 15) is 23.3 Å². The van der Waals surface area contributed by atoms with Crippen molar-refractivity contribution in [2.45, 2.75) is 24.8 Å². The number of nitro groups is 1. The zero-order valence-electron chi connectivity index (χ0n) is 14.9. The summed E-state index contributed by atoms with van der Waals surface area (Å²) >= 11 is 0. The SMILES string of the molecule is CNC(=O)[C@H](C)Oc1ccc(S(=O)(=O)Nc2cc([N+](=O)[O-])ccc2C)cc1. The molecule has 0 aliphatic rings. The highest BCUT2D eigenvalue weighted by atomic mass is 32.2. The van der Waals surface area contributed by atoms with Crippen molar-refractivity contribution in [1.29, 1.82) is 0 Å². The monoisotopic (exact) mass is 393 g/mol. The molecule has 0 radical (unpaired) electrons. The van der Waals surface area contributed by atoms with Gasteiger partial charge in [-0.2, -0.15) is 0 Å². The van der Waals surface area contributed by atoms with Crippen molar-refractivity contribution in [3.05, 3.63) is 58.1 Å². The molecule has 2 aromatic rings. The Morgan fingerprint density at radius 2 is 1.81 bits per heavy atom. The molecule has 144 valence electrons. The molecule has 1 amide bonds. The Morgan fingerprint density at radius 3 is 2.37 bits per heavy atom. The van der Waals surface area contributed by atoms with Crippen molar-refractivity contribution in [2.75, 3.05) is 11.8 Å². The number of aryl methyl sites for hydroxylation is 1. The van der Waals surface area contributed by atoms with Gasteiger partial charge in [-0.25, -0.2) is 8.42 Å². The second-order valence-corrected chi connectivity index (χ2v) is 7.39. The van der Waals surface area contributed by atoms with Crippen LogP contribution in [0.4, 0.5) is 11.4 Å². The third-order valence-corrected chi connectivity index (χ3v) is 5.12. The number of ether oxygens (including phenoxy) is 1. The van der Waals surface area contributed by atoms with E-state index >= 15 is 0 Å². The third-order valence-electron chi connectivity index (χ3n) is 3.74. The molecule has 2 rings (SSSR count). The molecule has 0 saturated carbocycles. The highest BCUT2D eigenvalue weighted by molar-refractivity contribution is 7.92. The normalized spacial score (nSPS) is 12.1. The number of rotatable bonds is 7. The average Bonchev–Trinajstić information content (AvgIpc) is 2.62. The predicted octanol–water partition coefficient (Wildman–Crippen LogP) is 2.22. The number of nitrogens with zero attached hydrogens (tertiary/aromatic N) is 1. The number of carbonyl (C=O) groups is 1. The van der Waals surface area contributed by atoms with E-state index < -0.39 is 21.1 Å². The Hall–Kier alpha value is -3.14. The molecule has 0 unspecified atom stereocenters. The molecule has 2 N–H and O–H groups in total. The maximum atomic E-state index is 12.5.